The summed E-state index contributed by atoms with van der Waals surface area (Å²) in [5, 5.41) is 5.91. The molecule has 0 radical (unpaired) electrons. The number of benzene rings is 1. The number of carbonyl (C=O) groups excluding carboxylic acids is 4. The second kappa shape index (κ2) is 10.1. The molecule has 3 atom stereocenters. The molecule has 9 heteroatoms. The van der Waals surface area contributed by atoms with Gasteiger partial charge in [0, 0.05) is 43.5 Å². The largest absolute Gasteiger partial charge is 0.309 e. The maximum absolute atomic E-state index is 13.2. The summed E-state index contributed by atoms with van der Waals surface area (Å²) < 4.78 is 2.02. The van der Waals surface area contributed by atoms with Gasteiger partial charge in [-0.1, -0.05) is 18.9 Å². The van der Waals surface area contributed by atoms with Crippen molar-refractivity contribution in [1.82, 2.24) is 20.5 Å². The zero-order valence-corrected chi connectivity index (χ0v) is 20.3. The lowest BCUT2D eigenvalue weighted by molar-refractivity contribution is -0.402. The van der Waals surface area contributed by atoms with Crippen molar-refractivity contribution < 1.29 is 23.8 Å². The van der Waals surface area contributed by atoms with Crippen LogP contribution < -0.4 is 10.6 Å². The lowest BCUT2D eigenvalue weighted by atomic mass is 9.85. The summed E-state index contributed by atoms with van der Waals surface area (Å²) in [6.07, 6.45) is 10.6. The molecule has 4 amide bonds. The molecule has 2 N–H and O–H groups in total. The highest BCUT2D eigenvalue weighted by molar-refractivity contribution is 6.23. The summed E-state index contributed by atoms with van der Waals surface area (Å²) >= 11 is 0. The number of imide groups is 2. The van der Waals surface area contributed by atoms with E-state index in [0.717, 1.165) is 42.0 Å². The first kappa shape index (κ1) is 24.0. The third kappa shape index (κ3) is 4.70. The van der Waals surface area contributed by atoms with Crippen LogP contribution >= 0.6 is 0 Å². The number of amides is 4. The Hall–Kier alpha value is -3.72. The van der Waals surface area contributed by atoms with Gasteiger partial charge in [-0.25, -0.2) is 4.58 Å². The Labute approximate surface area is 209 Å². The molecular weight excluding hydrogens is 458 g/mol. The van der Waals surface area contributed by atoms with Crippen LogP contribution in [-0.4, -0.2) is 63.4 Å². The van der Waals surface area contributed by atoms with Gasteiger partial charge in [0.2, 0.25) is 17.5 Å². The summed E-state index contributed by atoms with van der Waals surface area (Å²) in [7, 11) is 1.95. The monoisotopic (exact) mass is 488 g/mol. The van der Waals surface area contributed by atoms with Gasteiger partial charge >= 0.3 is 0 Å². The first-order valence-corrected chi connectivity index (χ1v) is 12.5. The normalized spacial score (nSPS) is 24.6. The predicted octanol–water partition coefficient (Wildman–Crippen LogP) is 2.18. The number of hydrogen-bond acceptors (Lipinski definition) is 6. The standard InChI is InChI=1S/C27H29N5O4/c1-31(16-18-6-2-3-7-22(18)29-15-17-5-4-12-28-14-17)19-8-9-20-21(13-19)27(36)32(26(20)35)23-10-11-24(33)30-25(23)34/h4-5,8-9,12-14,16,18,22-23,29H,2-3,6-7,10-11,15H2,1H3/p+1/t18?,22-,23?/m0/s1. The van der Waals surface area contributed by atoms with Crippen LogP contribution in [0.1, 0.15) is 64.8 Å². The quantitative estimate of drug-likeness (QED) is 0.366. The van der Waals surface area contributed by atoms with Crippen molar-refractivity contribution in [3.05, 3.63) is 59.4 Å². The molecule has 1 aliphatic carbocycles. The Kier molecular flexibility index (Phi) is 6.73. The molecule has 36 heavy (non-hydrogen) atoms. The van der Waals surface area contributed by atoms with Gasteiger partial charge < -0.3 is 5.32 Å². The first-order valence-electron chi connectivity index (χ1n) is 12.5. The fourth-order valence-corrected chi connectivity index (χ4v) is 5.39. The van der Waals surface area contributed by atoms with E-state index >= 15 is 0 Å². The maximum Gasteiger partial charge on any atom is 0.262 e. The molecule has 2 fully saturated rings. The van der Waals surface area contributed by atoms with Crippen LogP contribution in [0.15, 0.2) is 42.7 Å². The van der Waals surface area contributed by atoms with Crippen molar-refractivity contribution in [3.63, 3.8) is 0 Å². The fraction of sp³-hybridized carbons (Fsp3) is 0.407. The molecule has 1 aromatic heterocycles. The minimum atomic E-state index is -0.961. The number of fused-ring (bicyclic) bond motifs is 1. The molecule has 2 unspecified atom stereocenters. The summed E-state index contributed by atoms with van der Waals surface area (Å²) in [6, 6.07) is 8.58. The third-order valence-corrected chi connectivity index (χ3v) is 7.36. The van der Waals surface area contributed by atoms with Crippen LogP contribution in [0, 0.1) is 5.92 Å². The number of nitrogens with zero attached hydrogens (tertiary/aromatic N) is 3. The summed E-state index contributed by atoms with van der Waals surface area (Å²) in [6.45, 7) is 0.762. The van der Waals surface area contributed by atoms with E-state index in [1.54, 1.807) is 18.3 Å². The van der Waals surface area contributed by atoms with Gasteiger partial charge in [-0.3, -0.25) is 34.4 Å². The molecule has 186 valence electrons. The summed E-state index contributed by atoms with van der Waals surface area (Å²) in [5.74, 6) is -1.65. The van der Waals surface area contributed by atoms with E-state index in [2.05, 4.69) is 27.9 Å². The van der Waals surface area contributed by atoms with Gasteiger partial charge in [-0.2, -0.15) is 0 Å². The van der Waals surface area contributed by atoms with Gasteiger partial charge in [-0.05, 0) is 37.0 Å². The van der Waals surface area contributed by atoms with E-state index < -0.39 is 23.8 Å². The van der Waals surface area contributed by atoms with E-state index in [1.807, 2.05) is 30.0 Å². The number of aromatic nitrogens is 1. The lowest BCUT2D eigenvalue weighted by Crippen LogP contribution is -2.54. The smallest absolute Gasteiger partial charge is 0.262 e. The zero-order valence-electron chi connectivity index (χ0n) is 20.3. The lowest BCUT2D eigenvalue weighted by Gasteiger charge is -2.28. The predicted molar refractivity (Wildman–Crippen MR) is 132 cm³/mol. The third-order valence-electron chi connectivity index (χ3n) is 7.36. The highest BCUT2D eigenvalue weighted by Crippen LogP contribution is 2.30. The molecule has 1 saturated carbocycles. The number of nitrogens with one attached hydrogen (secondary N) is 2. The average molecular weight is 489 g/mol. The second-order valence-corrected chi connectivity index (χ2v) is 9.73. The first-order chi connectivity index (χ1) is 17.4. The Morgan fingerprint density at radius 1 is 1.08 bits per heavy atom. The Morgan fingerprint density at radius 2 is 1.89 bits per heavy atom. The molecule has 0 spiro atoms. The van der Waals surface area contributed by atoms with Gasteiger partial charge in [0.25, 0.3) is 11.8 Å². The van der Waals surface area contributed by atoms with E-state index in [9.17, 15) is 19.2 Å². The van der Waals surface area contributed by atoms with Gasteiger partial charge in [0.05, 0.1) is 17.0 Å². The average Bonchev–Trinajstić information content (AvgIpc) is 3.13. The highest BCUT2D eigenvalue weighted by atomic mass is 16.2. The molecule has 5 rings (SSSR count). The Morgan fingerprint density at radius 3 is 2.67 bits per heavy atom. The molecule has 9 nitrogen and oxygen atoms in total. The van der Waals surface area contributed by atoms with Gasteiger partial charge in [0.15, 0.2) is 0 Å². The van der Waals surface area contributed by atoms with Crippen molar-refractivity contribution in [2.75, 3.05) is 7.05 Å². The second-order valence-electron chi connectivity index (χ2n) is 9.73. The number of pyridine rings is 1. The molecule has 3 aliphatic rings. The van der Waals surface area contributed by atoms with E-state index in [1.165, 1.54) is 6.42 Å². The van der Waals surface area contributed by atoms with Gasteiger partial charge in [-0.15, -0.1) is 0 Å². The van der Waals surface area contributed by atoms with Crippen LogP contribution in [0.3, 0.4) is 0 Å². The van der Waals surface area contributed by atoms with Crippen LogP contribution in [0.4, 0.5) is 5.69 Å². The molecular formula is C27H30N5O4+. The molecule has 3 heterocycles. The Bertz CT molecular complexity index is 1240. The molecule has 1 saturated heterocycles. The topological polar surface area (TPSA) is 111 Å². The fourth-order valence-electron chi connectivity index (χ4n) is 5.39. The van der Waals surface area contributed by atoms with Crippen molar-refractivity contribution in [1.29, 1.82) is 0 Å². The number of rotatable bonds is 6. The Balaban J connectivity index is 1.33. The van der Waals surface area contributed by atoms with Gasteiger partial charge in [0.1, 0.15) is 19.3 Å². The molecule has 0 bridgehead atoms. The van der Waals surface area contributed by atoms with E-state index in [4.69, 9.17) is 0 Å². The minimum Gasteiger partial charge on any atom is -0.309 e. The SMILES string of the molecule is C[N+](=CC1CCCC[C@@H]1NCc1cccnc1)c1ccc2c(c1)C(=O)N(C1CCC(=O)NC1=O)C2=O. The molecule has 2 aliphatic heterocycles. The summed E-state index contributed by atoms with van der Waals surface area (Å²) in [4.78, 5) is 55.1. The van der Waals surface area contributed by atoms with Crippen molar-refractivity contribution >= 4 is 35.5 Å². The minimum absolute atomic E-state index is 0.101. The number of piperidine rings is 1. The van der Waals surface area contributed by atoms with Crippen molar-refractivity contribution in [2.24, 2.45) is 5.92 Å². The summed E-state index contributed by atoms with van der Waals surface area (Å²) in [5.41, 5.74) is 2.53. The number of hydrogen-bond donors (Lipinski definition) is 2. The van der Waals surface area contributed by atoms with Crippen molar-refractivity contribution in [3.8, 4) is 0 Å². The van der Waals surface area contributed by atoms with Crippen LogP contribution in [0.2, 0.25) is 0 Å². The zero-order chi connectivity index (χ0) is 25.2. The van der Waals surface area contributed by atoms with E-state index in [0.29, 0.717) is 12.0 Å². The van der Waals surface area contributed by atoms with Crippen LogP contribution in [-0.2, 0) is 16.1 Å². The highest BCUT2D eigenvalue weighted by Gasteiger charge is 2.45. The van der Waals surface area contributed by atoms with Crippen LogP contribution in [0.5, 0.6) is 0 Å². The maximum atomic E-state index is 13.2. The molecule has 2 aromatic rings. The van der Waals surface area contributed by atoms with Crippen molar-refractivity contribution in [2.45, 2.75) is 57.2 Å². The number of carbonyl (C=O) groups is 4. The van der Waals surface area contributed by atoms with Crippen LogP contribution in [0.25, 0.3) is 0 Å². The van der Waals surface area contributed by atoms with E-state index in [-0.39, 0.29) is 29.9 Å². The molecule has 1 aromatic carbocycles.